The van der Waals surface area contributed by atoms with Gasteiger partial charge in [0.25, 0.3) is 11.2 Å². The van der Waals surface area contributed by atoms with Crippen molar-refractivity contribution >= 4 is 52.1 Å². The second-order valence-electron chi connectivity index (χ2n) is 7.63. The second kappa shape index (κ2) is 7.76. The number of benzene rings is 1. The topological polar surface area (TPSA) is 148 Å². The zero-order valence-corrected chi connectivity index (χ0v) is 19.0. The Bertz CT molecular complexity index is 1330. The summed E-state index contributed by atoms with van der Waals surface area (Å²) in [4.78, 5) is 29.0. The van der Waals surface area contributed by atoms with E-state index in [-0.39, 0.29) is 31.9 Å². The van der Waals surface area contributed by atoms with Crippen LogP contribution in [0.1, 0.15) is 19.3 Å². The van der Waals surface area contributed by atoms with E-state index in [2.05, 4.69) is 4.98 Å². The number of nitro benzene ring substituents is 1. The Morgan fingerprint density at radius 3 is 2.45 bits per heavy atom. The third-order valence-corrected chi connectivity index (χ3v) is 9.98. The molecular formula is C17H20N4O7S3. The van der Waals surface area contributed by atoms with Gasteiger partial charge in [0, 0.05) is 38.5 Å². The molecule has 2 aromatic rings. The van der Waals surface area contributed by atoms with Crippen molar-refractivity contribution in [2.75, 3.05) is 37.3 Å². The molecule has 0 N–H and O–H groups in total. The molecule has 4 rings (SSSR count). The molecule has 1 aromatic carbocycles. The molecule has 1 aliphatic carbocycles. The van der Waals surface area contributed by atoms with Gasteiger partial charge in [0.1, 0.15) is 4.70 Å². The highest BCUT2D eigenvalue weighted by molar-refractivity contribution is 7.90. The molecule has 0 unspecified atom stereocenters. The van der Waals surface area contributed by atoms with Gasteiger partial charge in [-0.05, 0) is 25.3 Å². The van der Waals surface area contributed by atoms with Crippen molar-refractivity contribution in [3.8, 4) is 0 Å². The number of nitro groups is 1. The molecule has 0 radical (unpaired) electrons. The maximum atomic E-state index is 12.6. The molecule has 1 aromatic heterocycles. The van der Waals surface area contributed by atoms with E-state index >= 15 is 0 Å². The first kappa shape index (κ1) is 22.0. The molecule has 0 spiro atoms. The van der Waals surface area contributed by atoms with E-state index in [4.69, 9.17) is 0 Å². The molecule has 168 valence electrons. The van der Waals surface area contributed by atoms with Gasteiger partial charge >= 0.3 is 0 Å². The molecule has 1 saturated heterocycles. The second-order valence-corrected chi connectivity index (χ2v) is 12.8. The highest BCUT2D eigenvalue weighted by Crippen LogP contribution is 2.35. The number of hydrogen-bond donors (Lipinski definition) is 0. The van der Waals surface area contributed by atoms with E-state index < -0.39 is 36.0 Å². The molecule has 0 atom stereocenters. The molecule has 0 amide bonds. The first-order valence-electron chi connectivity index (χ1n) is 9.56. The largest absolute Gasteiger partial charge is 0.347 e. The van der Waals surface area contributed by atoms with Crippen molar-refractivity contribution in [3.05, 3.63) is 32.6 Å². The summed E-state index contributed by atoms with van der Waals surface area (Å²) in [6.07, 6.45) is 2.79. The van der Waals surface area contributed by atoms with E-state index in [0.717, 1.165) is 29.7 Å². The van der Waals surface area contributed by atoms with Gasteiger partial charge in [-0.25, -0.2) is 16.8 Å². The normalized spacial score (nSPS) is 18.8. The quantitative estimate of drug-likeness (QED) is 0.443. The van der Waals surface area contributed by atoms with Crippen molar-refractivity contribution in [1.29, 1.82) is 0 Å². The predicted molar refractivity (Wildman–Crippen MR) is 116 cm³/mol. The molecule has 2 heterocycles. The fourth-order valence-corrected chi connectivity index (χ4v) is 7.16. The molecule has 1 saturated carbocycles. The van der Waals surface area contributed by atoms with Crippen LogP contribution in [0.15, 0.2) is 21.8 Å². The lowest BCUT2D eigenvalue weighted by Gasteiger charge is -2.22. The predicted octanol–water partition coefficient (Wildman–Crippen LogP) is 0.972. The van der Waals surface area contributed by atoms with Crippen LogP contribution < -0.4 is 10.5 Å². The third-order valence-electron chi connectivity index (χ3n) is 5.32. The van der Waals surface area contributed by atoms with Gasteiger partial charge in [0.15, 0.2) is 15.0 Å². The van der Waals surface area contributed by atoms with Crippen LogP contribution in [0.4, 0.5) is 10.8 Å². The fraction of sp³-hybridized carbons (Fsp3) is 0.529. The van der Waals surface area contributed by atoms with Crippen molar-refractivity contribution < 1.29 is 21.8 Å². The van der Waals surface area contributed by atoms with Gasteiger partial charge in [-0.3, -0.25) is 14.9 Å². The number of aromatic nitrogens is 1. The highest BCUT2D eigenvalue weighted by Gasteiger charge is 2.40. The first-order chi connectivity index (χ1) is 14.5. The van der Waals surface area contributed by atoms with Gasteiger partial charge in [-0.1, -0.05) is 11.3 Å². The van der Waals surface area contributed by atoms with E-state index in [1.165, 1.54) is 4.31 Å². The van der Waals surface area contributed by atoms with Gasteiger partial charge in [0.05, 0.1) is 20.5 Å². The molecule has 2 aliphatic rings. The molecular weight excluding hydrogens is 468 g/mol. The molecule has 0 bridgehead atoms. The van der Waals surface area contributed by atoms with Crippen molar-refractivity contribution in [2.45, 2.75) is 29.4 Å². The molecule has 14 heteroatoms. The lowest BCUT2D eigenvalue weighted by atomic mass is 10.2. The average molecular weight is 489 g/mol. The maximum absolute atomic E-state index is 12.6. The van der Waals surface area contributed by atoms with E-state index in [1.807, 2.05) is 0 Å². The number of rotatable bonds is 5. The summed E-state index contributed by atoms with van der Waals surface area (Å²) in [5.41, 5.74) is -1.24. The minimum Gasteiger partial charge on any atom is -0.347 e. The van der Waals surface area contributed by atoms with Gasteiger partial charge in [-0.15, -0.1) is 0 Å². The number of nitrogens with zero attached hydrogens (tertiary/aromatic N) is 4. The smallest absolute Gasteiger partial charge is 0.288 e. The fourth-order valence-electron chi connectivity index (χ4n) is 3.52. The minimum atomic E-state index is -3.76. The SMILES string of the molecule is CS(=O)(=O)c1cc([N+](=O)[O-])c2sc(N3CCCN(S(=O)(=O)C4CC4)CC3)nc(=O)c2c1. The summed E-state index contributed by atoms with van der Waals surface area (Å²) in [6.45, 7) is 1.36. The van der Waals surface area contributed by atoms with Gasteiger partial charge < -0.3 is 4.90 Å². The zero-order valence-electron chi connectivity index (χ0n) is 16.6. The number of hydrogen-bond acceptors (Lipinski definition) is 10. The van der Waals surface area contributed by atoms with E-state index in [9.17, 15) is 31.7 Å². The molecule has 31 heavy (non-hydrogen) atoms. The standard InChI is InChI=1S/C17H20N4O7S3/c1-30(25,26)12-9-13-15(14(10-12)21(23)24)29-17(18-16(13)22)19-5-2-6-20(8-7-19)31(27,28)11-3-4-11/h9-11H,2-8H2,1H3. The summed E-state index contributed by atoms with van der Waals surface area (Å²) in [7, 11) is -7.08. The van der Waals surface area contributed by atoms with Crippen LogP contribution in [-0.4, -0.2) is 68.7 Å². The van der Waals surface area contributed by atoms with Crippen LogP contribution in [0, 0.1) is 10.1 Å². The zero-order chi connectivity index (χ0) is 22.6. The average Bonchev–Trinajstić information content (AvgIpc) is 3.53. The van der Waals surface area contributed by atoms with Crippen LogP contribution in [0.25, 0.3) is 10.1 Å². The number of anilines is 1. The van der Waals surface area contributed by atoms with Crippen LogP contribution in [-0.2, 0) is 19.9 Å². The summed E-state index contributed by atoms with van der Waals surface area (Å²) >= 11 is 0.929. The number of sulfone groups is 1. The highest BCUT2D eigenvalue weighted by atomic mass is 32.2. The Labute approximate surface area is 182 Å². The van der Waals surface area contributed by atoms with Crippen LogP contribution in [0.5, 0.6) is 0 Å². The van der Waals surface area contributed by atoms with Crippen LogP contribution in [0.3, 0.4) is 0 Å². The Morgan fingerprint density at radius 2 is 1.84 bits per heavy atom. The Balaban J connectivity index is 1.73. The first-order valence-corrected chi connectivity index (χ1v) is 13.8. The van der Waals surface area contributed by atoms with Gasteiger partial charge in [-0.2, -0.15) is 9.29 Å². The monoisotopic (exact) mass is 488 g/mol. The lowest BCUT2D eigenvalue weighted by molar-refractivity contribution is -0.383. The van der Waals surface area contributed by atoms with Crippen molar-refractivity contribution in [1.82, 2.24) is 9.29 Å². The number of non-ortho nitro benzene ring substituents is 1. The van der Waals surface area contributed by atoms with Crippen LogP contribution >= 0.6 is 11.3 Å². The lowest BCUT2D eigenvalue weighted by Crippen LogP contribution is -2.37. The molecule has 2 fully saturated rings. The van der Waals surface area contributed by atoms with E-state index in [1.54, 1.807) is 4.90 Å². The minimum absolute atomic E-state index is 0.0408. The maximum Gasteiger partial charge on any atom is 0.288 e. The molecule has 11 nitrogen and oxygen atoms in total. The third kappa shape index (κ3) is 4.29. The Morgan fingerprint density at radius 1 is 1.13 bits per heavy atom. The van der Waals surface area contributed by atoms with Crippen molar-refractivity contribution in [3.63, 3.8) is 0 Å². The van der Waals surface area contributed by atoms with Crippen LogP contribution in [0.2, 0.25) is 0 Å². The summed E-state index contributed by atoms with van der Waals surface area (Å²) < 4.78 is 50.3. The van der Waals surface area contributed by atoms with E-state index in [0.29, 0.717) is 38.9 Å². The summed E-state index contributed by atoms with van der Waals surface area (Å²) in [5.74, 6) is 0. The number of sulfonamides is 1. The van der Waals surface area contributed by atoms with Gasteiger partial charge in [0.2, 0.25) is 10.0 Å². The Hall–Kier alpha value is -2.16. The number of fused-ring (bicyclic) bond motifs is 1. The van der Waals surface area contributed by atoms with Crippen molar-refractivity contribution in [2.24, 2.45) is 0 Å². The summed E-state index contributed by atoms with van der Waals surface area (Å²) in [5, 5.41) is 11.4. The molecule has 1 aliphatic heterocycles. The Kier molecular flexibility index (Phi) is 5.52. The summed E-state index contributed by atoms with van der Waals surface area (Å²) in [6, 6.07) is 2.06.